The summed E-state index contributed by atoms with van der Waals surface area (Å²) >= 11 is 5.87. The third-order valence-corrected chi connectivity index (χ3v) is 3.36. The Labute approximate surface area is 142 Å². The van der Waals surface area contributed by atoms with Crippen LogP contribution in [0.1, 0.15) is 23.7 Å². The van der Waals surface area contributed by atoms with Crippen molar-refractivity contribution in [1.29, 1.82) is 0 Å². The van der Waals surface area contributed by atoms with Gasteiger partial charge in [-0.25, -0.2) is 8.42 Å². The number of halogens is 2. The minimum Gasteiger partial charge on any atom is -0.351 e. The quantitative estimate of drug-likeness (QED) is 0.610. The first-order chi connectivity index (χ1) is 9.83. The van der Waals surface area contributed by atoms with Crippen LogP contribution >= 0.6 is 24.0 Å². The van der Waals surface area contributed by atoms with Gasteiger partial charge >= 0.3 is 0 Å². The lowest BCUT2D eigenvalue weighted by Crippen LogP contribution is -2.32. The fourth-order valence-corrected chi connectivity index (χ4v) is 2.40. The van der Waals surface area contributed by atoms with Crippen molar-refractivity contribution in [2.75, 3.05) is 30.6 Å². The van der Waals surface area contributed by atoms with Gasteiger partial charge in [-0.2, -0.15) is 0 Å². The Morgan fingerprint density at radius 3 is 2.50 bits per heavy atom. The molecule has 6 nitrogen and oxygen atoms in total. The van der Waals surface area contributed by atoms with Crippen molar-refractivity contribution < 1.29 is 13.2 Å². The van der Waals surface area contributed by atoms with Gasteiger partial charge in [-0.1, -0.05) is 18.5 Å². The molecule has 1 aromatic carbocycles. The summed E-state index contributed by atoms with van der Waals surface area (Å²) in [6.07, 6.45) is 2.04. The lowest BCUT2D eigenvalue weighted by atomic mass is 10.1. The minimum absolute atomic E-state index is 0. The minimum atomic E-state index is -3.46. The lowest BCUT2D eigenvalue weighted by molar-refractivity contribution is 0.0955. The highest BCUT2D eigenvalue weighted by molar-refractivity contribution is 7.92. The summed E-state index contributed by atoms with van der Waals surface area (Å²) in [5.74, 6) is -0.373. The van der Waals surface area contributed by atoms with Gasteiger partial charge in [0.1, 0.15) is 0 Å². The van der Waals surface area contributed by atoms with Crippen LogP contribution in [0.3, 0.4) is 0 Å². The number of carbonyl (C=O) groups is 1. The fourth-order valence-electron chi connectivity index (χ4n) is 1.65. The molecule has 126 valence electrons. The van der Waals surface area contributed by atoms with Crippen LogP contribution in [0.25, 0.3) is 0 Å². The number of carbonyl (C=O) groups excluding carboxylic acids is 1. The Hall–Kier alpha value is -1.02. The molecule has 0 aromatic heterocycles. The summed E-state index contributed by atoms with van der Waals surface area (Å²) in [5.41, 5.74) is 0.407. The van der Waals surface area contributed by atoms with E-state index in [0.717, 1.165) is 19.2 Å². The van der Waals surface area contributed by atoms with Crippen LogP contribution in [0.15, 0.2) is 18.2 Å². The highest BCUT2D eigenvalue weighted by Gasteiger charge is 2.14. The Balaban J connectivity index is 0.00000441. The molecule has 22 heavy (non-hydrogen) atoms. The number of hydrogen-bond donors (Lipinski definition) is 3. The molecule has 1 amide bonds. The number of anilines is 1. The Bertz CT molecular complexity index is 594. The van der Waals surface area contributed by atoms with Crippen molar-refractivity contribution in [1.82, 2.24) is 10.6 Å². The fraction of sp³-hybridized carbons (Fsp3) is 0.462. The zero-order chi connectivity index (χ0) is 15.9. The van der Waals surface area contributed by atoms with Crippen molar-refractivity contribution in [3.8, 4) is 0 Å². The maximum Gasteiger partial charge on any atom is 0.253 e. The smallest absolute Gasteiger partial charge is 0.253 e. The average Bonchev–Trinajstić information content (AvgIpc) is 2.39. The number of nitrogens with one attached hydrogen (secondary N) is 3. The van der Waals surface area contributed by atoms with Gasteiger partial charge in [0.2, 0.25) is 10.0 Å². The molecule has 0 spiro atoms. The van der Waals surface area contributed by atoms with Crippen molar-refractivity contribution >= 4 is 45.6 Å². The van der Waals surface area contributed by atoms with E-state index < -0.39 is 10.0 Å². The number of sulfonamides is 1. The Morgan fingerprint density at radius 1 is 1.23 bits per heavy atom. The summed E-state index contributed by atoms with van der Waals surface area (Å²) in [6.45, 7) is 4.03. The van der Waals surface area contributed by atoms with Crippen LogP contribution in [-0.2, 0) is 10.0 Å². The molecule has 0 aliphatic heterocycles. The first-order valence-corrected chi connectivity index (χ1v) is 8.86. The maximum atomic E-state index is 12.1. The SMILES string of the molecule is CCCNCCNC(=O)c1cc(Cl)ccc1NS(C)(=O)=O.Cl. The number of amides is 1. The van der Waals surface area contributed by atoms with Crippen molar-refractivity contribution in [3.05, 3.63) is 28.8 Å². The molecule has 0 saturated heterocycles. The summed E-state index contributed by atoms with van der Waals surface area (Å²) < 4.78 is 24.9. The predicted octanol–water partition coefficient (Wildman–Crippen LogP) is 1.86. The number of benzene rings is 1. The lowest BCUT2D eigenvalue weighted by Gasteiger charge is -2.12. The highest BCUT2D eigenvalue weighted by Crippen LogP contribution is 2.21. The standard InChI is InChI=1S/C13H20ClN3O3S.ClH/c1-3-6-15-7-8-16-13(18)11-9-10(14)4-5-12(11)17-21(2,19)20;/h4-5,9,15,17H,3,6-8H2,1-2H3,(H,16,18);1H. The normalized spacial score (nSPS) is 10.7. The average molecular weight is 370 g/mol. The van der Waals surface area contributed by atoms with Crippen molar-refractivity contribution in [2.24, 2.45) is 0 Å². The zero-order valence-electron chi connectivity index (χ0n) is 12.5. The Morgan fingerprint density at radius 2 is 1.91 bits per heavy atom. The molecule has 0 heterocycles. The van der Waals surface area contributed by atoms with E-state index in [4.69, 9.17) is 11.6 Å². The highest BCUT2D eigenvalue weighted by atomic mass is 35.5. The molecule has 0 aliphatic rings. The van der Waals surface area contributed by atoms with Gasteiger partial charge in [0, 0.05) is 18.1 Å². The predicted molar refractivity (Wildman–Crippen MR) is 92.7 cm³/mol. The summed E-state index contributed by atoms with van der Waals surface area (Å²) in [4.78, 5) is 12.1. The van der Waals surface area contributed by atoms with E-state index in [1.54, 1.807) is 0 Å². The third-order valence-electron chi connectivity index (χ3n) is 2.54. The van der Waals surface area contributed by atoms with E-state index in [0.29, 0.717) is 18.1 Å². The molecular formula is C13H21Cl2N3O3S. The summed E-state index contributed by atoms with van der Waals surface area (Å²) in [6, 6.07) is 4.42. The largest absolute Gasteiger partial charge is 0.351 e. The second kappa shape index (κ2) is 9.89. The molecule has 0 saturated carbocycles. The van der Waals surface area contributed by atoms with E-state index in [2.05, 4.69) is 22.3 Å². The van der Waals surface area contributed by atoms with Gasteiger partial charge in [0.25, 0.3) is 5.91 Å². The first-order valence-electron chi connectivity index (χ1n) is 6.59. The second-order valence-corrected chi connectivity index (χ2v) is 6.75. The zero-order valence-corrected chi connectivity index (χ0v) is 14.9. The van der Waals surface area contributed by atoms with E-state index in [9.17, 15) is 13.2 Å². The van der Waals surface area contributed by atoms with Crippen LogP contribution in [-0.4, -0.2) is 40.2 Å². The molecule has 0 atom stereocenters. The molecule has 0 fully saturated rings. The Kier molecular flexibility index (Phi) is 9.43. The molecule has 0 unspecified atom stereocenters. The second-order valence-electron chi connectivity index (χ2n) is 4.57. The maximum absolute atomic E-state index is 12.1. The van der Waals surface area contributed by atoms with Gasteiger partial charge in [-0.05, 0) is 31.2 Å². The van der Waals surface area contributed by atoms with Crippen LogP contribution in [0.4, 0.5) is 5.69 Å². The van der Waals surface area contributed by atoms with Crippen molar-refractivity contribution in [3.63, 3.8) is 0 Å². The van der Waals surface area contributed by atoms with Gasteiger partial charge in [-0.3, -0.25) is 9.52 Å². The van der Waals surface area contributed by atoms with Crippen LogP contribution in [0, 0.1) is 0 Å². The van der Waals surface area contributed by atoms with Crippen LogP contribution in [0.2, 0.25) is 5.02 Å². The van der Waals surface area contributed by atoms with E-state index in [-0.39, 0.29) is 29.6 Å². The van der Waals surface area contributed by atoms with Crippen molar-refractivity contribution in [2.45, 2.75) is 13.3 Å². The molecule has 0 radical (unpaired) electrons. The van der Waals surface area contributed by atoms with Gasteiger partial charge in [-0.15, -0.1) is 12.4 Å². The van der Waals surface area contributed by atoms with Crippen LogP contribution < -0.4 is 15.4 Å². The molecular weight excluding hydrogens is 349 g/mol. The molecule has 9 heteroatoms. The van der Waals surface area contributed by atoms with E-state index in [1.165, 1.54) is 18.2 Å². The molecule has 1 rings (SSSR count). The topological polar surface area (TPSA) is 87.3 Å². The van der Waals surface area contributed by atoms with Gasteiger partial charge in [0.15, 0.2) is 0 Å². The third kappa shape index (κ3) is 7.84. The van der Waals surface area contributed by atoms with Gasteiger partial charge < -0.3 is 10.6 Å². The molecule has 1 aromatic rings. The van der Waals surface area contributed by atoms with Gasteiger partial charge in [0.05, 0.1) is 17.5 Å². The van der Waals surface area contributed by atoms with Crippen LogP contribution in [0.5, 0.6) is 0 Å². The summed E-state index contributed by atoms with van der Waals surface area (Å²) in [7, 11) is -3.46. The molecule has 3 N–H and O–H groups in total. The first kappa shape index (κ1) is 21.0. The molecule has 0 aliphatic carbocycles. The summed E-state index contributed by atoms with van der Waals surface area (Å²) in [5, 5.41) is 6.23. The molecule has 0 bridgehead atoms. The number of rotatable bonds is 8. The van der Waals surface area contributed by atoms with E-state index in [1.807, 2.05) is 0 Å². The monoisotopic (exact) mass is 369 g/mol. The number of hydrogen-bond acceptors (Lipinski definition) is 4. The van der Waals surface area contributed by atoms with E-state index >= 15 is 0 Å².